The van der Waals surface area contributed by atoms with E-state index in [2.05, 4.69) is 22.3 Å². The SMILES string of the molecule is CNc1ccc([N+](=O)[O-])cc1C(=O)N1CCN(Cc2ccccc2)CC1. The van der Waals surface area contributed by atoms with Gasteiger partial charge in [0, 0.05) is 57.6 Å². The predicted octanol–water partition coefficient (Wildman–Crippen LogP) is 2.59. The summed E-state index contributed by atoms with van der Waals surface area (Å²) in [7, 11) is 1.70. The van der Waals surface area contributed by atoms with Crippen LogP contribution in [0.1, 0.15) is 15.9 Å². The van der Waals surface area contributed by atoms with E-state index >= 15 is 0 Å². The Labute approximate surface area is 152 Å². The lowest BCUT2D eigenvalue weighted by Crippen LogP contribution is -2.48. The van der Waals surface area contributed by atoms with Crippen LogP contribution in [0.4, 0.5) is 11.4 Å². The zero-order chi connectivity index (χ0) is 18.5. The third-order valence-electron chi connectivity index (χ3n) is 4.62. The van der Waals surface area contributed by atoms with Gasteiger partial charge in [0.25, 0.3) is 11.6 Å². The summed E-state index contributed by atoms with van der Waals surface area (Å²) in [4.78, 5) is 27.5. The highest BCUT2D eigenvalue weighted by Gasteiger charge is 2.25. The molecule has 0 aromatic heterocycles. The highest BCUT2D eigenvalue weighted by atomic mass is 16.6. The molecule has 1 aliphatic rings. The second-order valence-electron chi connectivity index (χ2n) is 6.29. The number of nitro benzene ring substituents is 1. The maximum Gasteiger partial charge on any atom is 0.270 e. The van der Waals surface area contributed by atoms with E-state index in [1.54, 1.807) is 18.0 Å². The molecule has 1 amide bonds. The number of hydrogen-bond donors (Lipinski definition) is 1. The first-order valence-electron chi connectivity index (χ1n) is 8.60. The number of piperazine rings is 1. The van der Waals surface area contributed by atoms with Gasteiger partial charge in [-0.25, -0.2) is 0 Å². The molecule has 2 aromatic rings. The third kappa shape index (κ3) is 4.00. The normalized spacial score (nSPS) is 14.9. The molecule has 1 fully saturated rings. The molecular weight excluding hydrogens is 332 g/mol. The maximum atomic E-state index is 12.9. The molecular formula is C19H22N4O3. The first-order chi connectivity index (χ1) is 12.6. The molecule has 136 valence electrons. The van der Waals surface area contributed by atoms with Crippen LogP contribution < -0.4 is 5.32 Å². The van der Waals surface area contributed by atoms with Crippen molar-refractivity contribution in [2.75, 3.05) is 38.5 Å². The van der Waals surface area contributed by atoms with Crippen molar-refractivity contribution >= 4 is 17.3 Å². The molecule has 0 unspecified atom stereocenters. The fourth-order valence-corrected chi connectivity index (χ4v) is 3.16. The van der Waals surface area contributed by atoms with Crippen LogP contribution >= 0.6 is 0 Å². The van der Waals surface area contributed by atoms with Crippen LogP contribution in [0, 0.1) is 10.1 Å². The van der Waals surface area contributed by atoms with Crippen LogP contribution in [-0.2, 0) is 6.54 Å². The fraction of sp³-hybridized carbons (Fsp3) is 0.316. The summed E-state index contributed by atoms with van der Waals surface area (Å²) in [5.74, 6) is -0.169. The highest BCUT2D eigenvalue weighted by molar-refractivity contribution is 6.00. The molecule has 2 aromatic carbocycles. The van der Waals surface area contributed by atoms with Crippen molar-refractivity contribution in [1.82, 2.24) is 9.80 Å². The van der Waals surface area contributed by atoms with E-state index in [9.17, 15) is 14.9 Å². The van der Waals surface area contributed by atoms with Gasteiger partial charge in [0.2, 0.25) is 0 Å². The van der Waals surface area contributed by atoms with Crippen molar-refractivity contribution in [3.63, 3.8) is 0 Å². The number of anilines is 1. The fourth-order valence-electron chi connectivity index (χ4n) is 3.16. The highest BCUT2D eigenvalue weighted by Crippen LogP contribution is 2.24. The molecule has 0 radical (unpaired) electrons. The number of nitrogens with one attached hydrogen (secondary N) is 1. The van der Waals surface area contributed by atoms with Gasteiger partial charge in [-0.3, -0.25) is 19.8 Å². The average Bonchev–Trinajstić information content (AvgIpc) is 2.68. The van der Waals surface area contributed by atoms with Crippen LogP contribution in [0.3, 0.4) is 0 Å². The summed E-state index contributed by atoms with van der Waals surface area (Å²) in [5.41, 5.74) is 2.13. The number of rotatable bonds is 5. The zero-order valence-electron chi connectivity index (χ0n) is 14.7. The van der Waals surface area contributed by atoms with E-state index in [0.717, 1.165) is 19.6 Å². The molecule has 1 saturated heterocycles. The van der Waals surface area contributed by atoms with E-state index in [-0.39, 0.29) is 11.6 Å². The van der Waals surface area contributed by atoms with Crippen molar-refractivity contribution in [3.8, 4) is 0 Å². The Hall–Kier alpha value is -2.93. The standard InChI is InChI=1S/C19H22N4O3/c1-20-18-8-7-16(23(25)26)13-17(18)19(24)22-11-9-21(10-12-22)14-15-5-3-2-4-6-15/h2-8,13,20H,9-12,14H2,1H3. The molecule has 0 bridgehead atoms. The smallest absolute Gasteiger partial charge is 0.270 e. The van der Waals surface area contributed by atoms with E-state index in [1.165, 1.54) is 17.7 Å². The van der Waals surface area contributed by atoms with Gasteiger partial charge in [0.1, 0.15) is 0 Å². The lowest BCUT2D eigenvalue weighted by atomic mass is 10.1. The Morgan fingerprint density at radius 3 is 2.42 bits per heavy atom. The van der Waals surface area contributed by atoms with E-state index in [4.69, 9.17) is 0 Å². The number of benzene rings is 2. The predicted molar refractivity (Wildman–Crippen MR) is 100 cm³/mol. The van der Waals surface area contributed by atoms with Crippen molar-refractivity contribution < 1.29 is 9.72 Å². The monoisotopic (exact) mass is 354 g/mol. The third-order valence-corrected chi connectivity index (χ3v) is 4.62. The van der Waals surface area contributed by atoms with Crippen molar-refractivity contribution in [3.05, 3.63) is 69.8 Å². The van der Waals surface area contributed by atoms with E-state index < -0.39 is 4.92 Å². The van der Waals surface area contributed by atoms with Crippen molar-refractivity contribution in [1.29, 1.82) is 0 Å². The molecule has 0 aliphatic carbocycles. The summed E-state index contributed by atoms with van der Waals surface area (Å²) in [6, 6.07) is 14.6. The maximum absolute atomic E-state index is 12.9. The lowest BCUT2D eigenvalue weighted by molar-refractivity contribution is -0.384. The van der Waals surface area contributed by atoms with Gasteiger partial charge in [0.15, 0.2) is 0 Å². The van der Waals surface area contributed by atoms with Crippen LogP contribution in [0.2, 0.25) is 0 Å². The number of nitrogens with zero attached hydrogens (tertiary/aromatic N) is 3. The van der Waals surface area contributed by atoms with Gasteiger partial charge < -0.3 is 10.2 Å². The molecule has 26 heavy (non-hydrogen) atoms. The molecule has 7 heteroatoms. The van der Waals surface area contributed by atoms with E-state index in [0.29, 0.717) is 24.3 Å². The molecule has 7 nitrogen and oxygen atoms in total. The molecule has 0 atom stereocenters. The Bertz CT molecular complexity index is 787. The summed E-state index contributed by atoms with van der Waals surface area (Å²) in [6.45, 7) is 3.64. The first kappa shape index (κ1) is 17.9. The van der Waals surface area contributed by atoms with Gasteiger partial charge in [-0.15, -0.1) is 0 Å². The molecule has 1 N–H and O–H groups in total. The average molecular weight is 354 g/mol. The van der Waals surface area contributed by atoms with Gasteiger partial charge in [0.05, 0.1) is 10.5 Å². The second kappa shape index (κ2) is 7.97. The number of amides is 1. The summed E-state index contributed by atoms with van der Waals surface area (Å²) in [6.07, 6.45) is 0. The number of nitro groups is 1. The van der Waals surface area contributed by atoms with Crippen LogP contribution in [0.15, 0.2) is 48.5 Å². The Morgan fingerprint density at radius 2 is 1.81 bits per heavy atom. The van der Waals surface area contributed by atoms with Crippen molar-refractivity contribution in [2.24, 2.45) is 0 Å². The quantitative estimate of drug-likeness (QED) is 0.659. The molecule has 0 spiro atoms. The topological polar surface area (TPSA) is 78.7 Å². The zero-order valence-corrected chi connectivity index (χ0v) is 14.7. The first-order valence-corrected chi connectivity index (χ1v) is 8.60. The molecule has 1 heterocycles. The largest absolute Gasteiger partial charge is 0.387 e. The van der Waals surface area contributed by atoms with Gasteiger partial charge >= 0.3 is 0 Å². The van der Waals surface area contributed by atoms with Crippen LogP contribution in [0.5, 0.6) is 0 Å². The summed E-state index contributed by atoms with van der Waals surface area (Å²) in [5, 5.41) is 14.0. The second-order valence-corrected chi connectivity index (χ2v) is 6.29. The van der Waals surface area contributed by atoms with Gasteiger partial charge in [-0.05, 0) is 11.6 Å². The Kier molecular flexibility index (Phi) is 5.48. The Balaban J connectivity index is 1.67. The minimum absolute atomic E-state index is 0.0740. The van der Waals surface area contributed by atoms with Gasteiger partial charge in [-0.2, -0.15) is 0 Å². The molecule has 1 aliphatic heterocycles. The molecule has 0 saturated carbocycles. The summed E-state index contributed by atoms with van der Waals surface area (Å²) < 4.78 is 0. The van der Waals surface area contributed by atoms with Crippen LogP contribution in [0.25, 0.3) is 0 Å². The molecule has 3 rings (SSSR count). The number of hydrogen-bond acceptors (Lipinski definition) is 5. The van der Waals surface area contributed by atoms with Gasteiger partial charge in [-0.1, -0.05) is 30.3 Å². The number of non-ortho nitro benzene ring substituents is 1. The summed E-state index contributed by atoms with van der Waals surface area (Å²) >= 11 is 0. The Morgan fingerprint density at radius 1 is 1.12 bits per heavy atom. The van der Waals surface area contributed by atoms with Crippen LogP contribution in [-0.4, -0.2) is 53.9 Å². The number of carbonyl (C=O) groups excluding carboxylic acids is 1. The number of carbonyl (C=O) groups is 1. The van der Waals surface area contributed by atoms with E-state index in [1.807, 2.05) is 18.2 Å². The minimum Gasteiger partial charge on any atom is -0.387 e. The van der Waals surface area contributed by atoms with Crippen molar-refractivity contribution in [2.45, 2.75) is 6.54 Å². The minimum atomic E-state index is -0.478. The lowest BCUT2D eigenvalue weighted by Gasteiger charge is -2.35.